The Labute approximate surface area is 84.9 Å². The van der Waals surface area contributed by atoms with Crippen molar-refractivity contribution < 1.29 is 0 Å². The normalized spacial score (nSPS) is 18.6. The highest BCUT2D eigenvalue weighted by Crippen LogP contribution is 2.38. The van der Waals surface area contributed by atoms with Gasteiger partial charge < -0.3 is 0 Å². The maximum atomic E-state index is 5.82. The van der Waals surface area contributed by atoms with E-state index in [0.29, 0.717) is 0 Å². The van der Waals surface area contributed by atoms with Crippen LogP contribution < -0.4 is 0 Å². The SMILES string of the molecule is CC(Cc1ccc(Cl)cc1)C1CC1. The van der Waals surface area contributed by atoms with Crippen LogP contribution in [0.25, 0.3) is 0 Å². The van der Waals surface area contributed by atoms with Crippen LogP contribution in [-0.2, 0) is 6.42 Å². The Balaban J connectivity index is 1.96. The summed E-state index contributed by atoms with van der Waals surface area (Å²) >= 11 is 5.82. The minimum atomic E-state index is 0.836. The van der Waals surface area contributed by atoms with Crippen LogP contribution >= 0.6 is 11.6 Å². The van der Waals surface area contributed by atoms with Gasteiger partial charge in [-0.25, -0.2) is 0 Å². The van der Waals surface area contributed by atoms with E-state index in [0.717, 1.165) is 16.9 Å². The van der Waals surface area contributed by atoms with Crippen molar-refractivity contribution in [1.29, 1.82) is 0 Å². The molecule has 1 saturated carbocycles. The molecule has 0 spiro atoms. The van der Waals surface area contributed by atoms with Crippen molar-refractivity contribution in [2.24, 2.45) is 11.8 Å². The third kappa shape index (κ3) is 2.47. The van der Waals surface area contributed by atoms with Crippen LogP contribution in [0.4, 0.5) is 0 Å². The van der Waals surface area contributed by atoms with E-state index in [4.69, 9.17) is 11.6 Å². The van der Waals surface area contributed by atoms with Crippen LogP contribution in [0, 0.1) is 11.8 Å². The van der Waals surface area contributed by atoms with Gasteiger partial charge in [0.15, 0.2) is 0 Å². The maximum Gasteiger partial charge on any atom is 0.0406 e. The highest BCUT2D eigenvalue weighted by atomic mass is 35.5. The number of hydrogen-bond acceptors (Lipinski definition) is 0. The van der Waals surface area contributed by atoms with E-state index in [2.05, 4.69) is 19.1 Å². The van der Waals surface area contributed by atoms with Gasteiger partial charge in [0.1, 0.15) is 0 Å². The Morgan fingerprint density at radius 3 is 2.46 bits per heavy atom. The van der Waals surface area contributed by atoms with Crippen LogP contribution in [-0.4, -0.2) is 0 Å². The van der Waals surface area contributed by atoms with Crippen LogP contribution in [0.15, 0.2) is 24.3 Å². The van der Waals surface area contributed by atoms with E-state index in [-0.39, 0.29) is 0 Å². The average molecular weight is 195 g/mol. The Kier molecular flexibility index (Phi) is 2.59. The van der Waals surface area contributed by atoms with Crippen molar-refractivity contribution in [1.82, 2.24) is 0 Å². The first-order valence-electron chi connectivity index (χ1n) is 5.00. The fourth-order valence-corrected chi connectivity index (χ4v) is 1.95. The van der Waals surface area contributed by atoms with Crippen molar-refractivity contribution in [3.8, 4) is 0 Å². The lowest BCUT2D eigenvalue weighted by molar-refractivity contribution is 0.507. The van der Waals surface area contributed by atoms with E-state index in [1.54, 1.807) is 0 Å². The molecule has 1 aromatic rings. The Morgan fingerprint density at radius 1 is 1.31 bits per heavy atom. The minimum absolute atomic E-state index is 0.836. The summed E-state index contributed by atoms with van der Waals surface area (Å²) < 4.78 is 0. The van der Waals surface area contributed by atoms with Gasteiger partial charge >= 0.3 is 0 Å². The van der Waals surface area contributed by atoms with Crippen molar-refractivity contribution >= 4 is 11.6 Å². The summed E-state index contributed by atoms with van der Waals surface area (Å²) in [4.78, 5) is 0. The van der Waals surface area contributed by atoms with E-state index in [9.17, 15) is 0 Å². The van der Waals surface area contributed by atoms with Gasteiger partial charge in [-0.1, -0.05) is 30.7 Å². The second kappa shape index (κ2) is 3.71. The molecular formula is C12H15Cl. The third-order valence-corrected chi connectivity index (χ3v) is 3.15. The average Bonchev–Trinajstić information content (AvgIpc) is 2.91. The fourth-order valence-electron chi connectivity index (χ4n) is 1.82. The van der Waals surface area contributed by atoms with Gasteiger partial charge in [0, 0.05) is 5.02 Å². The van der Waals surface area contributed by atoms with E-state index < -0.39 is 0 Å². The number of halogens is 1. The van der Waals surface area contributed by atoms with Crippen molar-refractivity contribution in [2.45, 2.75) is 26.2 Å². The van der Waals surface area contributed by atoms with Gasteiger partial charge in [-0.3, -0.25) is 0 Å². The first kappa shape index (κ1) is 9.08. The van der Waals surface area contributed by atoms with Gasteiger partial charge in [0.05, 0.1) is 0 Å². The molecule has 0 saturated heterocycles. The molecule has 2 rings (SSSR count). The lowest BCUT2D eigenvalue weighted by Crippen LogP contribution is -2.01. The van der Waals surface area contributed by atoms with Crippen molar-refractivity contribution in [3.05, 3.63) is 34.9 Å². The van der Waals surface area contributed by atoms with E-state index in [1.165, 1.54) is 24.8 Å². The molecule has 0 radical (unpaired) electrons. The summed E-state index contributed by atoms with van der Waals surface area (Å²) in [6.07, 6.45) is 4.09. The molecule has 0 aliphatic heterocycles. The molecule has 1 atom stereocenters. The molecule has 13 heavy (non-hydrogen) atoms. The first-order valence-corrected chi connectivity index (χ1v) is 5.38. The second-order valence-corrected chi connectivity index (χ2v) is 4.58. The summed E-state index contributed by atoms with van der Waals surface area (Å²) in [6.45, 7) is 2.35. The zero-order chi connectivity index (χ0) is 9.26. The quantitative estimate of drug-likeness (QED) is 0.684. The molecule has 70 valence electrons. The van der Waals surface area contributed by atoms with Gasteiger partial charge in [-0.05, 0) is 48.8 Å². The summed E-state index contributed by atoms with van der Waals surface area (Å²) in [6, 6.07) is 8.25. The van der Waals surface area contributed by atoms with Crippen LogP contribution in [0.5, 0.6) is 0 Å². The zero-order valence-electron chi connectivity index (χ0n) is 7.96. The number of rotatable bonds is 3. The largest absolute Gasteiger partial charge is 0.0843 e. The molecule has 1 unspecified atom stereocenters. The van der Waals surface area contributed by atoms with Crippen molar-refractivity contribution in [2.75, 3.05) is 0 Å². The lowest BCUT2D eigenvalue weighted by Gasteiger charge is -2.09. The van der Waals surface area contributed by atoms with Gasteiger partial charge in [0.25, 0.3) is 0 Å². The second-order valence-electron chi connectivity index (χ2n) is 4.15. The maximum absolute atomic E-state index is 5.82. The molecule has 0 aromatic heterocycles. The smallest absolute Gasteiger partial charge is 0.0406 e. The van der Waals surface area contributed by atoms with Gasteiger partial charge in [0.2, 0.25) is 0 Å². The predicted octanol–water partition coefficient (Wildman–Crippen LogP) is 3.93. The monoisotopic (exact) mass is 194 g/mol. The van der Waals surface area contributed by atoms with Crippen LogP contribution in [0.1, 0.15) is 25.3 Å². The molecule has 1 aliphatic rings. The molecule has 1 heteroatoms. The minimum Gasteiger partial charge on any atom is -0.0843 e. The number of benzene rings is 1. The van der Waals surface area contributed by atoms with E-state index >= 15 is 0 Å². The standard InChI is InChI=1S/C12H15Cl/c1-9(11-4-5-11)8-10-2-6-12(13)7-3-10/h2-3,6-7,9,11H,4-5,8H2,1H3. The molecule has 1 fully saturated rings. The molecule has 0 nitrogen and oxygen atoms in total. The number of hydrogen-bond donors (Lipinski definition) is 0. The van der Waals surface area contributed by atoms with Crippen LogP contribution in [0.3, 0.4) is 0 Å². The van der Waals surface area contributed by atoms with Crippen LogP contribution in [0.2, 0.25) is 5.02 Å². The molecule has 1 aliphatic carbocycles. The van der Waals surface area contributed by atoms with Crippen molar-refractivity contribution in [3.63, 3.8) is 0 Å². The summed E-state index contributed by atoms with van der Waals surface area (Å²) in [5, 5.41) is 0.836. The highest BCUT2D eigenvalue weighted by molar-refractivity contribution is 6.30. The van der Waals surface area contributed by atoms with Gasteiger partial charge in [-0.2, -0.15) is 0 Å². The van der Waals surface area contributed by atoms with Gasteiger partial charge in [-0.15, -0.1) is 0 Å². The Hall–Kier alpha value is -0.490. The molecule has 0 heterocycles. The molecule has 0 N–H and O–H groups in total. The molecule has 0 bridgehead atoms. The topological polar surface area (TPSA) is 0 Å². The molecule has 0 amide bonds. The predicted molar refractivity (Wildman–Crippen MR) is 57.0 cm³/mol. The summed E-state index contributed by atoms with van der Waals surface area (Å²) in [5.74, 6) is 1.84. The third-order valence-electron chi connectivity index (χ3n) is 2.90. The fraction of sp³-hybridized carbons (Fsp3) is 0.500. The first-order chi connectivity index (χ1) is 6.25. The molecule has 1 aromatic carbocycles. The molecular weight excluding hydrogens is 180 g/mol. The highest BCUT2D eigenvalue weighted by Gasteiger charge is 2.27. The summed E-state index contributed by atoms with van der Waals surface area (Å²) in [7, 11) is 0. The zero-order valence-corrected chi connectivity index (χ0v) is 8.72. The lowest BCUT2D eigenvalue weighted by atomic mass is 9.97. The Morgan fingerprint density at radius 2 is 1.92 bits per heavy atom. The van der Waals surface area contributed by atoms with E-state index in [1.807, 2.05) is 12.1 Å². The Bertz CT molecular complexity index is 272. The summed E-state index contributed by atoms with van der Waals surface area (Å²) in [5.41, 5.74) is 1.42.